The largest absolute Gasteiger partial charge is 0.352 e. The molecule has 2 atom stereocenters. The third kappa shape index (κ3) is 8.06. The second kappa shape index (κ2) is 13.5. The van der Waals surface area contributed by atoms with Gasteiger partial charge in [-0.3, -0.25) is 13.9 Å². The van der Waals surface area contributed by atoms with Crippen LogP contribution >= 0.6 is 27.5 Å². The number of nitrogens with zero attached hydrogens (tertiary/aromatic N) is 2. The highest BCUT2D eigenvalue weighted by atomic mass is 79.9. The van der Waals surface area contributed by atoms with Crippen molar-refractivity contribution in [3.63, 3.8) is 0 Å². The van der Waals surface area contributed by atoms with Gasteiger partial charge in [0.2, 0.25) is 11.8 Å². The highest BCUT2D eigenvalue weighted by Gasteiger charge is 2.32. The van der Waals surface area contributed by atoms with Crippen molar-refractivity contribution < 1.29 is 18.0 Å². The van der Waals surface area contributed by atoms with Gasteiger partial charge in [-0.05, 0) is 81.3 Å². The zero-order valence-electron chi connectivity index (χ0n) is 22.4. The number of carbonyl (C=O) groups excluding carboxylic acids is 2. The molecule has 1 N–H and O–H groups in total. The second-order valence-electron chi connectivity index (χ2n) is 9.44. The van der Waals surface area contributed by atoms with E-state index in [2.05, 4.69) is 21.2 Å². The highest BCUT2D eigenvalue weighted by Crippen LogP contribution is 2.26. The number of hydrogen-bond donors (Lipinski definition) is 1. The molecule has 0 spiro atoms. The monoisotopic (exact) mass is 633 g/mol. The van der Waals surface area contributed by atoms with Crippen molar-refractivity contribution in [1.29, 1.82) is 0 Å². The van der Waals surface area contributed by atoms with Crippen LogP contribution in [0.2, 0.25) is 5.02 Å². The molecule has 0 saturated heterocycles. The van der Waals surface area contributed by atoms with Gasteiger partial charge < -0.3 is 10.2 Å². The Morgan fingerprint density at radius 2 is 1.54 bits per heavy atom. The maximum absolute atomic E-state index is 13.9. The van der Waals surface area contributed by atoms with E-state index in [0.29, 0.717) is 10.7 Å². The molecule has 3 rings (SSSR count). The third-order valence-electron chi connectivity index (χ3n) is 6.44. The van der Waals surface area contributed by atoms with Gasteiger partial charge in [0.25, 0.3) is 10.0 Å². The first kappa shape index (κ1) is 30.7. The molecule has 0 heterocycles. The summed E-state index contributed by atoms with van der Waals surface area (Å²) in [7, 11) is -4.11. The van der Waals surface area contributed by atoms with Crippen LogP contribution in [0.15, 0.2) is 82.2 Å². The minimum Gasteiger partial charge on any atom is -0.352 e. The molecule has 7 nitrogen and oxygen atoms in total. The summed E-state index contributed by atoms with van der Waals surface area (Å²) in [6.45, 7) is 6.96. The van der Waals surface area contributed by atoms with Crippen molar-refractivity contribution in [2.45, 2.75) is 57.6 Å². The number of amides is 2. The third-order valence-corrected chi connectivity index (χ3v) is 9.01. The summed E-state index contributed by atoms with van der Waals surface area (Å²) in [6.07, 6.45) is 0.732. The van der Waals surface area contributed by atoms with Crippen LogP contribution in [0.3, 0.4) is 0 Å². The number of sulfonamides is 1. The molecule has 10 heteroatoms. The van der Waals surface area contributed by atoms with Crippen LogP contribution in [0.25, 0.3) is 0 Å². The van der Waals surface area contributed by atoms with E-state index in [1.54, 1.807) is 67.6 Å². The Morgan fingerprint density at radius 3 is 2.10 bits per heavy atom. The maximum Gasteiger partial charge on any atom is 0.264 e. The zero-order valence-corrected chi connectivity index (χ0v) is 25.6. The lowest BCUT2D eigenvalue weighted by molar-refractivity contribution is -0.139. The quantitative estimate of drug-likeness (QED) is 0.283. The molecular weight excluding hydrogens is 602 g/mol. The summed E-state index contributed by atoms with van der Waals surface area (Å²) in [5.41, 5.74) is 2.00. The van der Waals surface area contributed by atoms with Gasteiger partial charge in [0.05, 0.1) is 10.6 Å². The van der Waals surface area contributed by atoms with Gasteiger partial charge in [-0.15, -0.1) is 0 Å². The van der Waals surface area contributed by atoms with E-state index in [9.17, 15) is 18.0 Å². The number of halogens is 2. The summed E-state index contributed by atoms with van der Waals surface area (Å²) in [4.78, 5) is 28.5. The first-order chi connectivity index (χ1) is 18.4. The molecule has 2 unspecified atom stereocenters. The number of anilines is 1. The van der Waals surface area contributed by atoms with Gasteiger partial charge in [-0.2, -0.15) is 0 Å². The number of rotatable bonds is 11. The van der Waals surface area contributed by atoms with Crippen molar-refractivity contribution in [3.05, 3.63) is 93.4 Å². The molecular formula is C29H33BrClN3O4S. The highest BCUT2D eigenvalue weighted by molar-refractivity contribution is 9.10. The molecule has 0 aliphatic carbocycles. The molecule has 208 valence electrons. The van der Waals surface area contributed by atoms with E-state index in [1.807, 2.05) is 20.8 Å². The van der Waals surface area contributed by atoms with Crippen molar-refractivity contribution in [2.24, 2.45) is 0 Å². The molecule has 2 amide bonds. The lowest BCUT2D eigenvalue weighted by atomic mass is 10.1. The SMILES string of the molecule is CCC(C)NC(=O)C(C)N(Cc1ccc(Cl)cc1)C(=O)CN(c1ccc(Br)cc1)S(=O)(=O)c1ccc(C)cc1. The average molecular weight is 635 g/mol. The van der Waals surface area contributed by atoms with Crippen LogP contribution in [0, 0.1) is 6.92 Å². The fourth-order valence-electron chi connectivity index (χ4n) is 3.81. The topological polar surface area (TPSA) is 86.8 Å². The average Bonchev–Trinajstić information content (AvgIpc) is 2.91. The van der Waals surface area contributed by atoms with Gasteiger partial charge >= 0.3 is 0 Å². The van der Waals surface area contributed by atoms with Crippen molar-refractivity contribution in [2.75, 3.05) is 10.8 Å². The lowest BCUT2D eigenvalue weighted by Gasteiger charge is -2.32. The molecule has 0 fully saturated rings. The smallest absolute Gasteiger partial charge is 0.264 e. The van der Waals surface area contributed by atoms with Gasteiger partial charge in [0.15, 0.2) is 0 Å². The predicted molar refractivity (Wildman–Crippen MR) is 159 cm³/mol. The van der Waals surface area contributed by atoms with Gasteiger partial charge in [-0.1, -0.05) is 64.3 Å². The molecule has 39 heavy (non-hydrogen) atoms. The first-order valence-electron chi connectivity index (χ1n) is 12.6. The molecule has 0 aliphatic heterocycles. The molecule has 3 aromatic rings. The van der Waals surface area contributed by atoms with E-state index >= 15 is 0 Å². The lowest BCUT2D eigenvalue weighted by Crippen LogP contribution is -2.52. The number of carbonyl (C=O) groups is 2. The first-order valence-corrected chi connectivity index (χ1v) is 15.2. The Hall–Kier alpha value is -2.88. The summed E-state index contributed by atoms with van der Waals surface area (Å²) in [5.74, 6) is -0.835. The minimum absolute atomic E-state index is 0.0654. The molecule has 0 aromatic heterocycles. The Balaban J connectivity index is 2.01. The van der Waals surface area contributed by atoms with Crippen LogP contribution in [0.1, 0.15) is 38.3 Å². The molecule has 0 radical (unpaired) electrons. The molecule has 3 aromatic carbocycles. The normalized spacial score (nSPS) is 12.9. The summed E-state index contributed by atoms with van der Waals surface area (Å²) >= 11 is 9.42. The van der Waals surface area contributed by atoms with Crippen molar-refractivity contribution in [3.8, 4) is 0 Å². The minimum atomic E-state index is -4.11. The van der Waals surface area contributed by atoms with E-state index in [4.69, 9.17) is 11.6 Å². The van der Waals surface area contributed by atoms with Crippen LogP contribution in [-0.2, 0) is 26.2 Å². The number of aryl methyl sites for hydroxylation is 1. The fourth-order valence-corrected chi connectivity index (χ4v) is 5.61. The van der Waals surface area contributed by atoms with Crippen LogP contribution in [-0.4, -0.2) is 43.8 Å². The standard InChI is InChI=1S/C29H33BrClN3O4S/c1-5-21(3)32-29(36)22(4)33(18-23-8-12-25(31)13-9-23)28(35)19-34(26-14-10-24(30)11-15-26)39(37,38)27-16-6-20(2)7-17-27/h6-17,21-22H,5,18-19H2,1-4H3,(H,32,36). The van der Waals surface area contributed by atoms with Gasteiger partial charge in [0, 0.05) is 22.1 Å². The second-order valence-corrected chi connectivity index (χ2v) is 12.7. The Labute approximate surface area is 244 Å². The number of hydrogen-bond acceptors (Lipinski definition) is 4. The van der Waals surface area contributed by atoms with E-state index in [1.165, 1.54) is 17.0 Å². The Kier molecular flexibility index (Phi) is 10.6. The zero-order chi connectivity index (χ0) is 28.7. The Morgan fingerprint density at radius 1 is 0.949 bits per heavy atom. The van der Waals surface area contributed by atoms with E-state index in [0.717, 1.165) is 26.3 Å². The summed E-state index contributed by atoms with van der Waals surface area (Å²) < 4.78 is 29.5. The number of benzene rings is 3. The van der Waals surface area contributed by atoms with Crippen LogP contribution in [0.5, 0.6) is 0 Å². The summed E-state index contributed by atoms with van der Waals surface area (Å²) in [6, 6.07) is 19.2. The molecule has 0 bridgehead atoms. The maximum atomic E-state index is 13.9. The molecule has 0 aliphatic rings. The van der Waals surface area contributed by atoms with Crippen LogP contribution < -0.4 is 9.62 Å². The predicted octanol–water partition coefficient (Wildman–Crippen LogP) is 5.94. The summed E-state index contributed by atoms with van der Waals surface area (Å²) in [5, 5.41) is 3.47. The Bertz CT molecular complexity index is 1380. The van der Waals surface area contributed by atoms with E-state index < -0.39 is 28.5 Å². The van der Waals surface area contributed by atoms with Crippen molar-refractivity contribution in [1.82, 2.24) is 10.2 Å². The van der Waals surface area contributed by atoms with Crippen LogP contribution in [0.4, 0.5) is 5.69 Å². The van der Waals surface area contributed by atoms with Gasteiger partial charge in [-0.25, -0.2) is 8.42 Å². The van der Waals surface area contributed by atoms with E-state index in [-0.39, 0.29) is 23.4 Å². The number of nitrogens with one attached hydrogen (secondary N) is 1. The van der Waals surface area contributed by atoms with Crippen molar-refractivity contribution >= 4 is 55.1 Å². The molecule has 0 saturated carbocycles. The van der Waals surface area contributed by atoms with Gasteiger partial charge in [0.1, 0.15) is 12.6 Å². The fraction of sp³-hybridized carbons (Fsp3) is 0.310.